The topological polar surface area (TPSA) is 50.4 Å². The van der Waals surface area contributed by atoms with Crippen LogP contribution in [0, 0.1) is 5.41 Å². The van der Waals surface area contributed by atoms with Crippen LogP contribution in [0.5, 0.6) is 0 Å². The standard InChI is InChI=1S/C14H26N2O2/c1-14(2)11(8-12(14)18-3)16-13(17)9-15-10-6-4-5-7-10/h10-12,15H,4-9H2,1-3H3,(H,16,17). The van der Waals surface area contributed by atoms with Gasteiger partial charge in [-0.2, -0.15) is 0 Å². The van der Waals surface area contributed by atoms with Gasteiger partial charge in [0.1, 0.15) is 0 Å². The Kier molecular flexibility index (Phi) is 4.28. The van der Waals surface area contributed by atoms with E-state index in [9.17, 15) is 4.79 Å². The first kappa shape index (κ1) is 13.8. The molecule has 2 atom stereocenters. The molecule has 2 fully saturated rings. The molecule has 0 radical (unpaired) electrons. The maximum atomic E-state index is 11.9. The van der Waals surface area contributed by atoms with Gasteiger partial charge in [-0.05, 0) is 19.3 Å². The number of ether oxygens (including phenoxy) is 1. The number of carbonyl (C=O) groups excluding carboxylic acids is 1. The lowest BCUT2D eigenvalue weighted by Crippen LogP contribution is -2.62. The minimum Gasteiger partial charge on any atom is -0.381 e. The molecule has 1 amide bonds. The van der Waals surface area contributed by atoms with E-state index in [4.69, 9.17) is 4.74 Å². The molecule has 0 saturated heterocycles. The van der Waals surface area contributed by atoms with Crippen LogP contribution in [0.25, 0.3) is 0 Å². The Balaban J connectivity index is 1.68. The van der Waals surface area contributed by atoms with Crippen molar-refractivity contribution >= 4 is 5.91 Å². The van der Waals surface area contributed by atoms with Crippen LogP contribution >= 0.6 is 0 Å². The quantitative estimate of drug-likeness (QED) is 0.780. The van der Waals surface area contributed by atoms with Gasteiger partial charge in [-0.25, -0.2) is 0 Å². The van der Waals surface area contributed by atoms with Crippen molar-refractivity contribution in [3.63, 3.8) is 0 Å². The van der Waals surface area contributed by atoms with Crippen LogP contribution in [-0.2, 0) is 9.53 Å². The lowest BCUT2D eigenvalue weighted by Gasteiger charge is -2.51. The van der Waals surface area contributed by atoms with Crippen molar-refractivity contribution in [3.8, 4) is 0 Å². The first-order chi connectivity index (χ1) is 8.54. The van der Waals surface area contributed by atoms with Crippen molar-refractivity contribution in [1.82, 2.24) is 10.6 Å². The van der Waals surface area contributed by atoms with Gasteiger partial charge in [-0.3, -0.25) is 4.79 Å². The Morgan fingerprint density at radius 3 is 2.56 bits per heavy atom. The number of methoxy groups -OCH3 is 1. The van der Waals surface area contributed by atoms with Crippen molar-refractivity contribution in [2.45, 2.75) is 64.1 Å². The molecule has 4 nitrogen and oxygen atoms in total. The monoisotopic (exact) mass is 254 g/mol. The Labute approximate surface area is 110 Å². The maximum absolute atomic E-state index is 11.9. The number of hydrogen-bond acceptors (Lipinski definition) is 3. The summed E-state index contributed by atoms with van der Waals surface area (Å²) >= 11 is 0. The average molecular weight is 254 g/mol. The second-order valence-corrected chi connectivity index (χ2v) is 6.26. The highest BCUT2D eigenvalue weighted by Crippen LogP contribution is 2.42. The third-order valence-corrected chi connectivity index (χ3v) is 4.70. The molecule has 2 aliphatic carbocycles. The van der Waals surface area contributed by atoms with Gasteiger partial charge in [0.05, 0.1) is 12.6 Å². The van der Waals surface area contributed by atoms with E-state index in [1.807, 2.05) is 0 Å². The summed E-state index contributed by atoms with van der Waals surface area (Å²) in [6, 6.07) is 0.803. The van der Waals surface area contributed by atoms with Crippen LogP contribution in [0.15, 0.2) is 0 Å². The van der Waals surface area contributed by atoms with Gasteiger partial charge in [0.15, 0.2) is 0 Å². The van der Waals surface area contributed by atoms with Gasteiger partial charge in [0.2, 0.25) is 5.91 Å². The minimum absolute atomic E-state index is 0.0533. The largest absolute Gasteiger partial charge is 0.381 e. The molecule has 2 unspecified atom stereocenters. The van der Waals surface area contributed by atoms with E-state index in [0.717, 1.165) is 6.42 Å². The third-order valence-electron chi connectivity index (χ3n) is 4.70. The molecular formula is C14H26N2O2. The highest BCUT2D eigenvalue weighted by Gasteiger charge is 2.49. The lowest BCUT2D eigenvalue weighted by atomic mass is 9.64. The molecule has 0 aromatic carbocycles. The van der Waals surface area contributed by atoms with E-state index >= 15 is 0 Å². The zero-order valence-corrected chi connectivity index (χ0v) is 11.8. The summed E-state index contributed by atoms with van der Waals surface area (Å²) in [4.78, 5) is 11.9. The molecule has 0 aliphatic heterocycles. The van der Waals surface area contributed by atoms with E-state index in [2.05, 4.69) is 24.5 Å². The van der Waals surface area contributed by atoms with E-state index in [1.54, 1.807) is 7.11 Å². The van der Waals surface area contributed by atoms with Gasteiger partial charge in [-0.15, -0.1) is 0 Å². The Hall–Kier alpha value is -0.610. The summed E-state index contributed by atoms with van der Waals surface area (Å²) in [5, 5.41) is 6.46. The molecule has 0 bridgehead atoms. The molecule has 4 heteroatoms. The van der Waals surface area contributed by atoms with Gasteiger partial charge >= 0.3 is 0 Å². The highest BCUT2D eigenvalue weighted by molar-refractivity contribution is 5.78. The van der Waals surface area contributed by atoms with Crippen LogP contribution in [0.2, 0.25) is 0 Å². The van der Waals surface area contributed by atoms with Crippen LogP contribution in [0.4, 0.5) is 0 Å². The summed E-state index contributed by atoms with van der Waals surface area (Å²) in [5.74, 6) is 0.120. The zero-order chi connectivity index (χ0) is 13.2. The first-order valence-corrected chi connectivity index (χ1v) is 7.09. The van der Waals surface area contributed by atoms with Crippen molar-refractivity contribution < 1.29 is 9.53 Å². The molecular weight excluding hydrogens is 228 g/mol. The fourth-order valence-corrected chi connectivity index (χ4v) is 3.14. The molecule has 2 rings (SSSR count). The molecule has 2 aliphatic rings. The molecule has 0 aromatic heterocycles. The molecule has 18 heavy (non-hydrogen) atoms. The van der Waals surface area contributed by atoms with E-state index < -0.39 is 0 Å². The summed E-state index contributed by atoms with van der Waals surface area (Å²) in [6.07, 6.45) is 6.22. The third kappa shape index (κ3) is 2.86. The molecule has 2 N–H and O–H groups in total. The Morgan fingerprint density at radius 2 is 2.00 bits per heavy atom. The first-order valence-electron chi connectivity index (χ1n) is 7.09. The molecule has 2 saturated carbocycles. The number of amides is 1. The van der Waals surface area contributed by atoms with E-state index in [0.29, 0.717) is 12.6 Å². The average Bonchev–Trinajstić information content (AvgIpc) is 2.84. The van der Waals surface area contributed by atoms with E-state index in [1.165, 1.54) is 25.7 Å². The van der Waals surface area contributed by atoms with Gasteiger partial charge in [0, 0.05) is 24.6 Å². The highest BCUT2D eigenvalue weighted by atomic mass is 16.5. The Bertz CT molecular complexity index is 298. The van der Waals surface area contributed by atoms with Crippen LogP contribution in [0.3, 0.4) is 0 Å². The number of carbonyl (C=O) groups is 1. The number of hydrogen-bond donors (Lipinski definition) is 2. The van der Waals surface area contributed by atoms with Crippen LogP contribution in [-0.4, -0.2) is 37.7 Å². The van der Waals surface area contributed by atoms with Crippen molar-refractivity contribution in [2.24, 2.45) is 5.41 Å². The normalized spacial score (nSPS) is 31.1. The van der Waals surface area contributed by atoms with Gasteiger partial charge in [0.25, 0.3) is 0 Å². The zero-order valence-electron chi connectivity index (χ0n) is 11.8. The van der Waals surface area contributed by atoms with Crippen molar-refractivity contribution in [1.29, 1.82) is 0 Å². The summed E-state index contributed by atoms with van der Waals surface area (Å²) < 4.78 is 5.39. The predicted octanol–water partition coefficient (Wildman–Crippen LogP) is 1.45. The minimum atomic E-state index is 0.0533. The predicted molar refractivity (Wildman–Crippen MR) is 71.4 cm³/mol. The van der Waals surface area contributed by atoms with Crippen molar-refractivity contribution in [2.75, 3.05) is 13.7 Å². The SMILES string of the molecule is COC1CC(NC(=O)CNC2CCCC2)C1(C)C. The summed E-state index contributed by atoms with van der Waals surface area (Å²) in [6.45, 7) is 4.76. The second kappa shape index (κ2) is 5.57. The maximum Gasteiger partial charge on any atom is 0.234 e. The van der Waals surface area contributed by atoms with E-state index in [-0.39, 0.29) is 23.5 Å². The van der Waals surface area contributed by atoms with Crippen LogP contribution < -0.4 is 10.6 Å². The molecule has 0 spiro atoms. The summed E-state index contributed by atoms with van der Waals surface area (Å²) in [7, 11) is 1.74. The number of nitrogens with one attached hydrogen (secondary N) is 2. The molecule has 0 aromatic rings. The summed E-state index contributed by atoms with van der Waals surface area (Å²) in [5.41, 5.74) is 0.0533. The van der Waals surface area contributed by atoms with Crippen LogP contribution in [0.1, 0.15) is 46.0 Å². The number of rotatable bonds is 5. The molecule has 104 valence electrons. The molecule has 0 heterocycles. The second-order valence-electron chi connectivity index (χ2n) is 6.26. The fourth-order valence-electron chi connectivity index (χ4n) is 3.14. The Morgan fingerprint density at radius 1 is 1.33 bits per heavy atom. The smallest absolute Gasteiger partial charge is 0.234 e. The van der Waals surface area contributed by atoms with Gasteiger partial charge < -0.3 is 15.4 Å². The van der Waals surface area contributed by atoms with Gasteiger partial charge in [-0.1, -0.05) is 26.7 Å². The fraction of sp³-hybridized carbons (Fsp3) is 0.929. The van der Waals surface area contributed by atoms with Crippen molar-refractivity contribution in [3.05, 3.63) is 0 Å². The lowest BCUT2D eigenvalue weighted by molar-refractivity contribution is -0.132.